The van der Waals surface area contributed by atoms with Crippen LogP contribution in [0.5, 0.6) is 5.75 Å². The lowest BCUT2D eigenvalue weighted by atomic mass is 9.78. The summed E-state index contributed by atoms with van der Waals surface area (Å²) in [5.74, 6) is 1.10. The van der Waals surface area contributed by atoms with Crippen LogP contribution in [0, 0.1) is 11.8 Å². The van der Waals surface area contributed by atoms with Crippen LogP contribution >= 0.6 is 0 Å². The lowest BCUT2D eigenvalue weighted by Crippen LogP contribution is -2.31. The summed E-state index contributed by atoms with van der Waals surface area (Å²) in [4.78, 5) is 24.4. The maximum Gasteiger partial charge on any atom is 0.147 e. The molecule has 0 aliphatic heterocycles. The predicted molar refractivity (Wildman–Crippen MR) is 96.3 cm³/mol. The third-order valence-electron chi connectivity index (χ3n) is 4.84. The Labute approximate surface area is 145 Å². The Kier molecular flexibility index (Phi) is 7.48. The second-order valence-corrected chi connectivity index (χ2v) is 7.10. The lowest BCUT2D eigenvalue weighted by molar-refractivity contribution is -0.134. The van der Waals surface area contributed by atoms with E-state index in [1.165, 1.54) is 19.3 Å². The van der Waals surface area contributed by atoms with E-state index in [-0.39, 0.29) is 17.5 Å². The standard InChI is InChI=1S/C21H30O3/c1-3-4-5-6-13-24-18-10-8-17(9-11-18)15-21(23)19-12-7-16(2)14-20(19)22/h8-11,16,19H,3-7,12-15H2,1-2H3. The average Bonchev–Trinajstić information content (AvgIpc) is 2.56. The van der Waals surface area contributed by atoms with Crippen LogP contribution in [-0.4, -0.2) is 18.2 Å². The molecule has 0 radical (unpaired) electrons. The topological polar surface area (TPSA) is 43.4 Å². The Balaban J connectivity index is 1.78. The van der Waals surface area contributed by atoms with Gasteiger partial charge in [0.2, 0.25) is 0 Å². The zero-order valence-corrected chi connectivity index (χ0v) is 15.1. The van der Waals surface area contributed by atoms with Crippen molar-refractivity contribution in [3.8, 4) is 5.75 Å². The van der Waals surface area contributed by atoms with Gasteiger partial charge in [-0.25, -0.2) is 0 Å². The molecule has 3 heteroatoms. The summed E-state index contributed by atoms with van der Waals surface area (Å²) in [5, 5.41) is 0. The molecule has 0 aromatic heterocycles. The summed E-state index contributed by atoms with van der Waals surface area (Å²) in [6.07, 6.45) is 7.37. The fourth-order valence-electron chi connectivity index (χ4n) is 3.29. The van der Waals surface area contributed by atoms with Gasteiger partial charge >= 0.3 is 0 Å². The van der Waals surface area contributed by atoms with Crippen molar-refractivity contribution in [2.45, 2.75) is 65.2 Å². The zero-order valence-electron chi connectivity index (χ0n) is 15.1. The van der Waals surface area contributed by atoms with Crippen molar-refractivity contribution in [1.82, 2.24) is 0 Å². The molecule has 2 atom stereocenters. The van der Waals surface area contributed by atoms with E-state index in [9.17, 15) is 9.59 Å². The number of benzene rings is 1. The third-order valence-corrected chi connectivity index (χ3v) is 4.84. The summed E-state index contributed by atoms with van der Waals surface area (Å²) in [6.45, 7) is 5.02. The van der Waals surface area contributed by atoms with E-state index in [4.69, 9.17) is 4.74 Å². The van der Waals surface area contributed by atoms with E-state index in [1.807, 2.05) is 24.3 Å². The number of hydrogen-bond acceptors (Lipinski definition) is 3. The molecule has 0 spiro atoms. The van der Waals surface area contributed by atoms with Gasteiger partial charge in [-0.3, -0.25) is 9.59 Å². The highest BCUT2D eigenvalue weighted by atomic mass is 16.5. The van der Waals surface area contributed by atoms with Crippen LogP contribution in [0.25, 0.3) is 0 Å². The minimum Gasteiger partial charge on any atom is -0.494 e. The van der Waals surface area contributed by atoms with E-state index >= 15 is 0 Å². The van der Waals surface area contributed by atoms with Crippen molar-refractivity contribution in [1.29, 1.82) is 0 Å². The first-order valence-corrected chi connectivity index (χ1v) is 9.37. The predicted octanol–water partition coefficient (Wildman–Crippen LogP) is 4.76. The normalized spacial score (nSPS) is 20.8. The Morgan fingerprint density at radius 1 is 1.12 bits per heavy atom. The van der Waals surface area contributed by atoms with Crippen molar-refractivity contribution in [3.63, 3.8) is 0 Å². The van der Waals surface area contributed by atoms with Gasteiger partial charge in [-0.2, -0.15) is 0 Å². The Hall–Kier alpha value is -1.64. The summed E-state index contributed by atoms with van der Waals surface area (Å²) in [6, 6.07) is 7.73. The molecule has 3 nitrogen and oxygen atoms in total. The van der Waals surface area contributed by atoms with Gasteiger partial charge in [0, 0.05) is 12.8 Å². The van der Waals surface area contributed by atoms with E-state index in [2.05, 4.69) is 13.8 Å². The highest BCUT2D eigenvalue weighted by Crippen LogP contribution is 2.27. The zero-order chi connectivity index (χ0) is 17.4. The molecule has 2 rings (SSSR count). The highest BCUT2D eigenvalue weighted by molar-refractivity contribution is 6.03. The molecule has 0 bridgehead atoms. The Bertz CT molecular complexity index is 533. The molecule has 24 heavy (non-hydrogen) atoms. The molecule has 0 amide bonds. The first-order valence-electron chi connectivity index (χ1n) is 9.37. The average molecular weight is 330 g/mol. The minimum atomic E-state index is -0.379. The summed E-state index contributed by atoms with van der Waals surface area (Å²) >= 11 is 0. The van der Waals surface area contributed by atoms with Gasteiger partial charge in [0.05, 0.1) is 12.5 Å². The molecule has 0 N–H and O–H groups in total. The van der Waals surface area contributed by atoms with Crippen molar-refractivity contribution in [2.75, 3.05) is 6.61 Å². The quantitative estimate of drug-likeness (QED) is 0.484. The van der Waals surface area contributed by atoms with Crippen LogP contribution in [0.3, 0.4) is 0 Å². The molecule has 1 aliphatic carbocycles. The van der Waals surface area contributed by atoms with Gasteiger partial charge in [0.15, 0.2) is 0 Å². The van der Waals surface area contributed by atoms with Gasteiger partial charge in [-0.1, -0.05) is 45.2 Å². The second kappa shape index (κ2) is 9.61. The fourth-order valence-corrected chi connectivity index (χ4v) is 3.29. The van der Waals surface area contributed by atoms with Crippen LogP contribution in [-0.2, 0) is 16.0 Å². The molecular weight excluding hydrogens is 300 g/mol. The van der Waals surface area contributed by atoms with Gasteiger partial charge in [0.1, 0.15) is 17.3 Å². The van der Waals surface area contributed by atoms with E-state index < -0.39 is 0 Å². The van der Waals surface area contributed by atoms with Crippen LogP contribution in [0.15, 0.2) is 24.3 Å². The molecule has 1 aromatic carbocycles. The van der Waals surface area contributed by atoms with E-state index in [0.717, 1.165) is 37.2 Å². The van der Waals surface area contributed by atoms with E-state index in [1.54, 1.807) is 0 Å². The Morgan fingerprint density at radius 3 is 2.54 bits per heavy atom. The van der Waals surface area contributed by atoms with Crippen LogP contribution in [0.1, 0.15) is 64.4 Å². The van der Waals surface area contributed by atoms with Crippen molar-refractivity contribution in [2.24, 2.45) is 11.8 Å². The maximum absolute atomic E-state index is 12.4. The van der Waals surface area contributed by atoms with Gasteiger partial charge in [-0.05, 0) is 42.9 Å². The van der Waals surface area contributed by atoms with Crippen molar-refractivity contribution < 1.29 is 14.3 Å². The molecule has 132 valence electrons. The van der Waals surface area contributed by atoms with Crippen molar-refractivity contribution >= 4 is 11.6 Å². The molecule has 0 saturated heterocycles. The molecule has 1 aliphatic rings. The second-order valence-electron chi connectivity index (χ2n) is 7.10. The number of carbonyl (C=O) groups is 2. The number of hydrogen-bond donors (Lipinski definition) is 0. The van der Waals surface area contributed by atoms with Crippen LogP contribution in [0.4, 0.5) is 0 Å². The third kappa shape index (κ3) is 5.77. The first-order chi connectivity index (χ1) is 11.6. The smallest absolute Gasteiger partial charge is 0.147 e. The monoisotopic (exact) mass is 330 g/mol. The minimum absolute atomic E-state index is 0.0696. The van der Waals surface area contributed by atoms with Gasteiger partial charge in [-0.15, -0.1) is 0 Å². The largest absolute Gasteiger partial charge is 0.494 e. The SMILES string of the molecule is CCCCCCOc1ccc(CC(=O)C2CCC(C)CC2=O)cc1. The maximum atomic E-state index is 12.4. The van der Waals surface area contributed by atoms with Crippen LogP contribution < -0.4 is 4.74 Å². The van der Waals surface area contributed by atoms with Gasteiger partial charge in [0.25, 0.3) is 0 Å². The molecular formula is C21H30O3. The van der Waals surface area contributed by atoms with Crippen molar-refractivity contribution in [3.05, 3.63) is 29.8 Å². The summed E-state index contributed by atoms with van der Waals surface area (Å²) in [7, 11) is 0. The number of unbranched alkanes of at least 4 members (excludes halogenated alkanes) is 3. The highest BCUT2D eigenvalue weighted by Gasteiger charge is 2.31. The Morgan fingerprint density at radius 2 is 1.88 bits per heavy atom. The molecule has 2 unspecified atom stereocenters. The number of ether oxygens (including phenoxy) is 1. The lowest BCUT2D eigenvalue weighted by Gasteiger charge is -2.23. The summed E-state index contributed by atoms with van der Waals surface area (Å²) in [5.41, 5.74) is 0.963. The number of carbonyl (C=O) groups excluding carboxylic acids is 2. The number of Topliss-reactive ketones (excluding diaryl/α,β-unsaturated/α-hetero) is 2. The molecule has 1 saturated carbocycles. The summed E-state index contributed by atoms with van der Waals surface area (Å²) < 4.78 is 5.72. The molecule has 1 aromatic rings. The van der Waals surface area contributed by atoms with E-state index in [0.29, 0.717) is 18.8 Å². The first kappa shape index (κ1) is 18.7. The van der Waals surface area contributed by atoms with Crippen LogP contribution in [0.2, 0.25) is 0 Å². The van der Waals surface area contributed by atoms with Gasteiger partial charge < -0.3 is 4.74 Å². The number of ketones is 2. The molecule has 1 fully saturated rings. The molecule has 0 heterocycles. The number of rotatable bonds is 9. The fraction of sp³-hybridized carbons (Fsp3) is 0.619.